The molecule has 0 saturated heterocycles. The zero-order chi connectivity index (χ0) is 11.5. The van der Waals surface area contributed by atoms with Crippen molar-refractivity contribution in [1.29, 1.82) is 0 Å². The summed E-state index contributed by atoms with van der Waals surface area (Å²) in [5.74, 6) is -0.878. The Labute approximate surface area is 93.0 Å². The normalized spacial score (nSPS) is 11.5. The van der Waals surface area contributed by atoms with Gasteiger partial charge in [0.1, 0.15) is 0 Å². The van der Waals surface area contributed by atoms with Gasteiger partial charge in [-0.1, -0.05) is 0 Å². The van der Waals surface area contributed by atoms with Crippen LogP contribution < -0.4 is 9.67 Å². The van der Waals surface area contributed by atoms with E-state index in [9.17, 15) is 17.3 Å². The first-order valence-electron chi connectivity index (χ1n) is 3.78. The second-order valence-electron chi connectivity index (χ2n) is 2.70. The van der Waals surface area contributed by atoms with Crippen LogP contribution in [0.4, 0.5) is 5.69 Å². The zero-order valence-electron chi connectivity index (χ0n) is 7.41. The van der Waals surface area contributed by atoms with Crippen molar-refractivity contribution in [2.24, 2.45) is 0 Å². The number of rotatable bonds is 4. The van der Waals surface area contributed by atoms with Crippen molar-refractivity contribution < 1.29 is 21.8 Å². The molecule has 0 aliphatic heterocycles. The molecule has 0 spiro atoms. The van der Waals surface area contributed by atoms with Crippen LogP contribution >= 0.6 is 0 Å². The van der Waals surface area contributed by atoms with Crippen molar-refractivity contribution in [3.8, 4) is 5.75 Å². The predicted octanol–water partition coefficient (Wildman–Crippen LogP) is -0.676. The van der Waals surface area contributed by atoms with Crippen molar-refractivity contribution in [2.45, 2.75) is 0 Å². The van der Waals surface area contributed by atoms with E-state index in [1.807, 2.05) is 0 Å². The molecule has 1 aromatic rings. The van der Waals surface area contributed by atoms with E-state index in [-0.39, 0.29) is 11.4 Å². The third-order valence-electron chi connectivity index (χ3n) is 1.53. The molecule has 0 fully saturated rings. The molecule has 1 aromatic carbocycles. The third-order valence-corrected chi connectivity index (χ3v) is 3.07. The van der Waals surface area contributed by atoms with Crippen LogP contribution in [0.5, 0.6) is 5.75 Å². The van der Waals surface area contributed by atoms with Crippen molar-refractivity contribution in [3.05, 3.63) is 18.2 Å². The predicted molar refractivity (Wildman–Crippen MR) is 54.2 cm³/mol. The molecule has 15 heavy (non-hydrogen) atoms. The molecule has 0 amide bonds. The fraction of sp³-hybridized carbons (Fsp3) is 0.143. The summed E-state index contributed by atoms with van der Waals surface area (Å²) in [7, 11) is -4.15. The van der Waals surface area contributed by atoms with E-state index >= 15 is 0 Å². The van der Waals surface area contributed by atoms with Crippen LogP contribution in [0, 0.1) is 0 Å². The van der Waals surface area contributed by atoms with Gasteiger partial charge >= 0.3 is 92.8 Å². The first-order valence-corrected chi connectivity index (χ1v) is 7.09. The summed E-state index contributed by atoms with van der Waals surface area (Å²) in [6.07, 6.45) is 0. The summed E-state index contributed by atoms with van der Waals surface area (Å²) >= 11 is -1.24. The monoisotopic (exact) mass is 293 g/mol. The number of anilines is 1. The zero-order valence-corrected chi connectivity index (χ0v) is 10.1. The van der Waals surface area contributed by atoms with Crippen LogP contribution in [0.1, 0.15) is 0 Å². The Kier molecular flexibility index (Phi) is 3.84. The Morgan fingerprint density at radius 3 is 2.60 bits per heavy atom. The molecule has 82 valence electrons. The topological polar surface area (TPSA) is 104 Å². The molecular weight excluding hydrogens is 285 g/mol. The number of hydrogen-bond acceptors (Lipinski definition) is 5. The molecule has 6 nitrogen and oxygen atoms in total. The summed E-state index contributed by atoms with van der Waals surface area (Å²) in [5, 5.41) is 11.6. The minimum atomic E-state index is -4.15. The summed E-state index contributed by atoms with van der Waals surface area (Å²) in [5.41, 5.74) is 0.122. The fourth-order valence-electron chi connectivity index (χ4n) is 0.891. The molecule has 0 atom stereocenters. The first-order chi connectivity index (χ1) is 6.92. The Hall–Kier alpha value is -0.912. The van der Waals surface area contributed by atoms with Crippen LogP contribution in [-0.2, 0) is 13.9 Å². The van der Waals surface area contributed by atoms with Crippen LogP contribution in [0.3, 0.4) is 0 Å². The third kappa shape index (κ3) is 3.99. The van der Waals surface area contributed by atoms with E-state index in [1.54, 1.807) is 0 Å². The van der Waals surface area contributed by atoms with Gasteiger partial charge in [-0.25, -0.2) is 0 Å². The molecule has 1 rings (SSSR count). The van der Waals surface area contributed by atoms with Crippen LogP contribution in [-0.4, -0.2) is 39.6 Å². The van der Waals surface area contributed by atoms with Crippen LogP contribution in [0.2, 0.25) is 0 Å². The van der Waals surface area contributed by atoms with Crippen molar-refractivity contribution in [1.82, 2.24) is 0 Å². The molecular formula is C7H8AsNO5S. The van der Waals surface area contributed by atoms with Gasteiger partial charge in [0, 0.05) is 0 Å². The Morgan fingerprint density at radius 2 is 2.07 bits per heavy atom. The molecule has 0 bridgehead atoms. The Morgan fingerprint density at radius 1 is 1.40 bits per heavy atom. The molecule has 0 aliphatic rings. The summed E-state index contributed by atoms with van der Waals surface area (Å²) in [6, 6.07) is 4.14. The number of hydrogen-bond donors (Lipinski definition) is 3. The quantitative estimate of drug-likeness (QED) is 0.386. The average molecular weight is 293 g/mol. The molecule has 0 aliphatic carbocycles. The average Bonchev–Trinajstić information content (AvgIpc) is 2.15. The van der Waals surface area contributed by atoms with E-state index in [2.05, 4.69) is 5.32 Å². The number of phenols is 1. The van der Waals surface area contributed by atoms with Gasteiger partial charge in [-0.3, -0.25) is 0 Å². The Balaban J connectivity index is 2.89. The van der Waals surface area contributed by atoms with Gasteiger partial charge in [-0.2, -0.15) is 0 Å². The summed E-state index contributed by atoms with van der Waals surface area (Å²) in [4.78, 5) is 0. The second kappa shape index (κ2) is 4.74. The molecule has 0 heterocycles. The van der Waals surface area contributed by atoms with Gasteiger partial charge in [-0.05, 0) is 0 Å². The van der Waals surface area contributed by atoms with Gasteiger partial charge in [-0.15, -0.1) is 0 Å². The Bertz CT molecular complexity index is 472. The van der Waals surface area contributed by atoms with Crippen molar-refractivity contribution in [2.75, 3.05) is 11.2 Å². The van der Waals surface area contributed by atoms with Crippen molar-refractivity contribution >= 4 is 35.8 Å². The summed E-state index contributed by atoms with van der Waals surface area (Å²) in [6.45, 7) is 0. The van der Waals surface area contributed by atoms with E-state index in [0.29, 0.717) is 4.35 Å². The van der Waals surface area contributed by atoms with Crippen LogP contribution in [0.15, 0.2) is 18.2 Å². The maximum absolute atomic E-state index is 10.6. The first kappa shape index (κ1) is 12.2. The number of benzene rings is 1. The molecule has 3 N–H and O–H groups in total. The second-order valence-corrected chi connectivity index (χ2v) is 5.61. The van der Waals surface area contributed by atoms with Gasteiger partial charge in [0.05, 0.1) is 0 Å². The maximum atomic E-state index is 10.6. The minimum absolute atomic E-state index is 0.122. The van der Waals surface area contributed by atoms with Gasteiger partial charge in [0.25, 0.3) is 0 Å². The number of aromatic hydroxyl groups is 1. The van der Waals surface area contributed by atoms with Gasteiger partial charge in [0.15, 0.2) is 0 Å². The fourth-order valence-corrected chi connectivity index (χ4v) is 1.89. The number of nitrogens with one attached hydrogen (secondary N) is 1. The van der Waals surface area contributed by atoms with Crippen molar-refractivity contribution in [3.63, 3.8) is 0 Å². The van der Waals surface area contributed by atoms with E-state index in [4.69, 9.17) is 4.55 Å². The standard InChI is InChI=1S/C7H8AsNO5S/c10-7-2-1-5(8-11)3-6(7)9-4-15(12,13)14/h1-3,9-10H,4H2,(H,12,13,14). The molecule has 0 unspecified atom stereocenters. The molecule has 0 saturated carbocycles. The SMILES string of the molecule is O=[As]c1ccc(O)c(NCS(=O)(=O)O)c1. The van der Waals surface area contributed by atoms with Gasteiger partial charge in [0.2, 0.25) is 0 Å². The van der Waals surface area contributed by atoms with E-state index in [1.165, 1.54) is 18.2 Å². The molecule has 0 radical (unpaired) electrons. The van der Waals surface area contributed by atoms with Gasteiger partial charge < -0.3 is 0 Å². The van der Waals surface area contributed by atoms with E-state index in [0.717, 1.165) is 0 Å². The van der Waals surface area contributed by atoms with Crippen LogP contribution in [0.25, 0.3) is 0 Å². The molecule has 8 heteroatoms. The molecule has 0 aromatic heterocycles. The van der Waals surface area contributed by atoms with E-state index < -0.39 is 31.7 Å². The summed E-state index contributed by atoms with van der Waals surface area (Å²) < 4.78 is 40.4. The number of phenolic OH excluding ortho intramolecular Hbond substituents is 1.